The van der Waals surface area contributed by atoms with Crippen molar-refractivity contribution in [2.45, 2.75) is 13.3 Å². The lowest BCUT2D eigenvalue weighted by molar-refractivity contribution is 0.0931. The van der Waals surface area contributed by atoms with Crippen LogP contribution in [0.5, 0.6) is 0 Å². The highest BCUT2D eigenvalue weighted by molar-refractivity contribution is 6.01. The van der Waals surface area contributed by atoms with Gasteiger partial charge < -0.3 is 11.1 Å². The molecule has 80 valence electrons. The van der Waals surface area contributed by atoms with Gasteiger partial charge in [0.25, 0.3) is 0 Å². The van der Waals surface area contributed by atoms with Crippen molar-refractivity contribution in [1.29, 1.82) is 0 Å². The molecule has 1 fully saturated rings. The highest BCUT2D eigenvalue weighted by atomic mass is 16.1. The van der Waals surface area contributed by atoms with Crippen LogP contribution in [0.25, 0.3) is 0 Å². The Labute approximate surface area is 88.9 Å². The molecule has 0 aliphatic carbocycles. The van der Waals surface area contributed by atoms with E-state index in [2.05, 4.69) is 10.3 Å². The Morgan fingerprint density at radius 2 is 2.47 bits per heavy atom. The van der Waals surface area contributed by atoms with Gasteiger partial charge in [-0.3, -0.25) is 4.79 Å². The van der Waals surface area contributed by atoms with Crippen molar-refractivity contribution in [2.75, 3.05) is 18.8 Å². The molecule has 0 saturated carbocycles. The average molecular weight is 205 g/mol. The molecule has 0 bridgehead atoms. The molecular weight excluding hydrogens is 190 g/mol. The van der Waals surface area contributed by atoms with E-state index in [0.29, 0.717) is 11.4 Å². The Morgan fingerprint density at radius 1 is 1.67 bits per heavy atom. The molecule has 1 aromatic heterocycles. The third-order valence-corrected chi connectivity index (χ3v) is 2.75. The predicted octanol–water partition coefficient (Wildman–Crippen LogP) is 0.764. The number of aromatic nitrogens is 1. The van der Waals surface area contributed by atoms with Crippen LogP contribution in [0, 0.1) is 12.8 Å². The molecule has 0 aromatic carbocycles. The predicted molar refractivity (Wildman–Crippen MR) is 58.7 cm³/mol. The third kappa shape index (κ3) is 1.99. The first kappa shape index (κ1) is 10.1. The molecule has 1 aliphatic rings. The maximum atomic E-state index is 12.1. The van der Waals surface area contributed by atoms with Crippen molar-refractivity contribution < 1.29 is 4.79 Å². The van der Waals surface area contributed by atoms with Crippen molar-refractivity contribution >= 4 is 11.6 Å². The number of anilines is 1. The molecule has 1 aliphatic heterocycles. The lowest BCUT2D eigenvalue weighted by atomic mass is 9.97. The Morgan fingerprint density at radius 3 is 3.13 bits per heavy atom. The quantitative estimate of drug-likeness (QED) is 0.700. The topological polar surface area (TPSA) is 68.0 Å². The van der Waals surface area contributed by atoms with E-state index in [-0.39, 0.29) is 11.7 Å². The highest BCUT2D eigenvalue weighted by Crippen LogP contribution is 2.19. The van der Waals surface area contributed by atoms with E-state index in [1.54, 1.807) is 6.20 Å². The number of aryl methyl sites for hydroxylation is 1. The van der Waals surface area contributed by atoms with E-state index >= 15 is 0 Å². The Bertz CT molecular complexity index is 383. The zero-order valence-electron chi connectivity index (χ0n) is 8.79. The number of nitrogens with two attached hydrogens (primary N) is 1. The van der Waals surface area contributed by atoms with Crippen molar-refractivity contribution in [1.82, 2.24) is 10.3 Å². The number of pyridine rings is 1. The fourth-order valence-electron chi connectivity index (χ4n) is 1.88. The minimum absolute atomic E-state index is 0.0656. The summed E-state index contributed by atoms with van der Waals surface area (Å²) in [5.74, 6) is 0.530. The maximum absolute atomic E-state index is 12.1. The fourth-order valence-corrected chi connectivity index (χ4v) is 1.88. The second-order valence-corrected chi connectivity index (χ2v) is 4.00. The standard InChI is InChI=1S/C11H15N3O/c1-7-4-9(11(12)14-5-7)10(15)8-2-3-13-6-8/h4-5,8,13H,2-3,6H2,1H3,(H2,12,14). The largest absolute Gasteiger partial charge is 0.383 e. The van der Waals surface area contributed by atoms with E-state index in [1.165, 1.54) is 0 Å². The van der Waals surface area contributed by atoms with Gasteiger partial charge in [-0.05, 0) is 31.5 Å². The zero-order valence-corrected chi connectivity index (χ0v) is 8.79. The van der Waals surface area contributed by atoms with Gasteiger partial charge in [0, 0.05) is 18.7 Å². The minimum Gasteiger partial charge on any atom is -0.383 e. The molecule has 1 saturated heterocycles. The van der Waals surface area contributed by atoms with Crippen LogP contribution in [0.1, 0.15) is 22.3 Å². The van der Waals surface area contributed by atoms with E-state index < -0.39 is 0 Å². The van der Waals surface area contributed by atoms with Crippen molar-refractivity contribution in [3.8, 4) is 0 Å². The van der Waals surface area contributed by atoms with E-state index in [0.717, 1.165) is 25.1 Å². The third-order valence-electron chi connectivity index (χ3n) is 2.75. The van der Waals surface area contributed by atoms with Crippen LogP contribution >= 0.6 is 0 Å². The molecule has 4 heteroatoms. The Balaban J connectivity index is 2.27. The molecule has 2 heterocycles. The molecular formula is C11H15N3O. The van der Waals surface area contributed by atoms with E-state index in [9.17, 15) is 4.79 Å². The number of rotatable bonds is 2. The van der Waals surface area contributed by atoms with Gasteiger partial charge in [-0.2, -0.15) is 0 Å². The first-order valence-electron chi connectivity index (χ1n) is 5.15. The summed E-state index contributed by atoms with van der Waals surface area (Å²) in [5.41, 5.74) is 7.25. The molecule has 1 atom stereocenters. The first-order chi connectivity index (χ1) is 7.18. The second-order valence-electron chi connectivity index (χ2n) is 4.00. The molecule has 1 aromatic rings. The van der Waals surface area contributed by atoms with Crippen molar-refractivity contribution in [2.24, 2.45) is 5.92 Å². The number of hydrogen-bond acceptors (Lipinski definition) is 4. The van der Waals surface area contributed by atoms with Gasteiger partial charge in [0.2, 0.25) is 0 Å². The second kappa shape index (κ2) is 3.98. The number of carbonyl (C=O) groups excluding carboxylic acids is 1. The monoisotopic (exact) mass is 205 g/mol. The fraction of sp³-hybridized carbons (Fsp3) is 0.455. The van der Waals surface area contributed by atoms with Crippen molar-refractivity contribution in [3.63, 3.8) is 0 Å². The molecule has 1 unspecified atom stereocenters. The number of hydrogen-bond donors (Lipinski definition) is 2. The SMILES string of the molecule is Cc1cnc(N)c(C(=O)C2CCNC2)c1. The normalized spacial score (nSPS) is 20.5. The molecule has 15 heavy (non-hydrogen) atoms. The molecule has 3 N–H and O–H groups in total. The summed E-state index contributed by atoms with van der Waals surface area (Å²) in [7, 11) is 0. The smallest absolute Gasteiger partial charge is 0.170 e. The van der Waals surface area contributed by atoms with Gasteiger partial charge in [0.05, 0.1) is 5.56 Å². The van der Waals surface area contributed by atoms with Gasteiger partial charge >= 0.3 is 0 Å². The van der Waals surface area contributed by atoms with Crippen LogP contribution in [-0.4, -0.2) is 23.9 Å². The summed E-state index contributed by atoms with van der Waals surface area (Å²) in [4.78, 5) is 16.1. The number of nitrogens with zero attached hydrogens (tertiary/aromatic N) is 1. The van der Waals surface area contributed by atoms with Gasteiger partial charge in [-0.15, -0.1) is 0 Å². The summed E-state index contributed by atoms with van der Waals surface area (Å²) in [6.07, 6.45) is 2.57. The highest BCUT2D eigenvalue weighted by Gasteiger charge is 2.25. The number of Topliss-reactive ketones (excluding diaryl/α,β-unsaturated/α-hetero) is 1. The number of nitrogens with one attached hydrogen (secondary N) is 1. The average Bonchev–Trinajstić information content (AvgIpc) is 2.74. The molecule has 0 radical (unpaired) electrons. The van der Waals surface area contributed by atoms with Crippen LogP contribution in [0.2, 0.25) is 0 Å². The number of ketones is 1. The summed E-state index contributed by atoms with van der Waals surface area (Å²) in [6.45, 7) is 3.58. The van der Waals surface area contributed by atoms with Crippen LogP contribution in [0.15, 0.2) is 12.3 Å². The maximum Gasteiger partial charge on any atom is 0.170 e. The Hall–Kier alpha value is -1.42. The van der Waals surface area contributed by atoms with Crippen LogP contribution < -0.4 is 11.1 Å². The first-order valence-corrected chi connectivity index (χ1v) is 5.15. The summed E-state index contributed by atoms with van der Waals surface area (Å²) in [5, 5.41) is 3.18. The van der Waals surface area contributed by atoms with Crippen LogP contribution in [0.4, 0.5) is 5.82 Å². The van der Waals surface area contributed by atoms with Crippen LogP contribution in [0.3, 0.4) is 0 Å². The van der Waals surface area contributed by atoms with Gasteiger partial charge in [0.15, 0.2) is 5.78 Å². The zero-order chi connectivity index (χ0) is 10.8. The lowest BCUT2D eigenvalue weighted by Gasteiger charge is -2.09. The number of carbonyl (C=O) groups is 1. The Kier molecular flexibility index (Phi) is 2.68. The summed E-state index contributed by atoms with van der Waals surface area (Å²) in [6, 6.07) is 1.82. The van der Waals surface area contributed by atoms with Gasteiger partial charge in [-0.25, -0.2) is 4.98 Å². The molecule has 0 spiro atoms. The molecule has 4 nitrogen and oxygen atoms in total. The van der Waals surface area contributed by atoms with E-state index in [1.807, 2.05) is 13.0 Å². The summed E-state index contributed by atoms with van der Waals surface area (Å²) >= 11 is 0. The van der Waals surface area contributed by atoms with Crippen molar-refractivity contribution in [3.05, 3.63) is 23.4 Å². The molecule has 2 rings (SSSR count). The summed E-state index contributed by atoms with van der Waals surface area (Å²) < 4.78 is 0. The number of nitrogen functional groups attached to an aromatic ring is 1. The minimum atomic E-state index is 0.0656. The van der Waals surface area contributed by atoms with E-state index in [4.69, 9.17) is 5.73 Å². The molecule has 0 amide bonds. The van der Waals surface area contributed by atoms with Crippen LogP contribution in [-0.2, 0) is 0 Å². The van der Waals surface area contributed by atoms with Gasteiger partial charge in [0.1, 0.15) is 5.82 Å². The van der Waals surface area contributed by atoms with Gasteiger partial charge in [-0.1, -0.05) is 0 Å². The lowest BCUT2D eigenvalue weighted by Crippen LogP contribution is -2.19.